The second-order valence-electron chi connectivity index (χ2n) is 2.58. The molecule has 0 rings (SSSR count). The molecule has 1 amide bonds. The maximum atomic E-state index is 11.4. The predicted octanol–water partition coefficient (Wildman–Crippen LogP) is 1.69. The molecule has 0 aliphatic carbocycles. The summed E-state index contributed by atoms with van der Waals surface area (Å²) in [7, 11) is 0. The Morgan fingerprint density at radius 1 is 1.45 bits per heavy atom. The van der Waals surface area contributed by atoms with Gasteiger partial charge in [0.1, 0.15) is 0 Å². The van der Waals surface area contributed by atoms with E-state index in [0.29, 0.717) is 5.75 Å². The van der Waals surface area contributed by atoms with Crippen molar-refractivity contribution in [1.82, 2.24) is 4.90 Å². The van der Waals surface area contributed by atoms with E-state index in [-0.39, 0.29) is 11.8 Å². The van der Waals surface area contributed by atoms with Crippen molar-refractivity contribution >= 4 is 18.5 Å². The molecule has 0 aromatic carbocycles. The van der Waals surface area contributed by atoms with Crippen molar-refractivity contribution < 1.29 is 4.79 Å². The molecular formula is C8H16NOS. The van der Waals surface area contributed by atoms with Crippen molar-refractivity contribution in [2.24, 2.45) is 5.92 Å². The van der Waals surface area contributed by atoms with Gasteiger partial charge in [-0.3, -0.25) is 4.79 Å². The summed E-state index contributed by atoms with van der Waals surface area (Å²) in [5, 5.41) is 0. The monoisotopic (exact) mass is 174 g/mol. The van der Waals surface area contributed by atoms with Crippen LogP contribution in [0.15, 0.2) is 0 Å². The van der Waals surface area contributed by atoms with Crippen LogP contribution in [0.4, 0.5) is 0 Å². The lowest BCUT2D eigenvalue weighted by Gasteiger charge is -2.21. The smallest absolute Gasteiger partial charge is 0.226 e. The lowest BCUT2D eigenvalue weighted by Crippen LogP contribution is -2.35. The Morgan fingerprint density at radius 2 is 1.91 bits per heavy atom. The minimum Gasteiger partial charge on any atom is -0.343 e. The number of amides is 1. The third-order valence-corrected chi connectivity index (χ3v) is 2.25. The van der Waals surface area contributed by atoms with Crippen LogP contribution in [0.5, 0.6) is 0 Å². The first kappa shape index (κ1) is 10.8. The van der Waals surface area contributed by atoms with E-state index >= 15 is 0 Å². The summed E-state index contributed by atoms with van der Waals surface area (Å²) in [6, 6.07) is 0. The quantitative estimate of drug-likeness (QED) is 0.635. The molecule has 65 valence electrons. The zero-order valence-electron chi connectivity index (χ0n) is 7.46. The molecule has 0 saturated heterocycles. The van der Waals surface area contributed by atoms with Gasteiger partial charge in [-0.25, -0.2) is 0 Å². The molecule has 0 aromatic heterocycles. The van der Waals surface area contributed by atoms with Gasteiger partial charge in [-0.05, 0) is 13.8 Å². The van der Waals surface area contributed by atoms with Gasteiger partial charge in [0.05, 0.1) is 0 Å². The number of hydrogen-bond acceptors (Lipinski definition) is 1. The third kappa shape index (κ3) is 3.14. The molecule has 0 bridgehead atoms. The molecule has 3 heteroatoms. The van der Waals surface area contributed by atoms with Gasteiger partial charge in [0.2, 0.25) is 5.91 Å². The molecule has 0 N–H and O–H groups in total. The van der Waals surface area contributed by atoms with E-state index in [1.54, 1.807) is 0 Å². The van der Waals surface area contributed by atoms with Crippen LogP contribution in [-0.2, 0) is 4.79 Å². The highest BCUT2D eigenvalue weighted by Gasteiger charge is 2.15. The maximum Gasteiger partial charge on any atom is 0.226 e. The molecule has 2 nitrogen and oxygen atoms in total. The van der Waals surface area contributed by atoms with Crippen LogP contribution in [0.3, 0.4) is 0 Å². The molecule has 0 aliphatic heterocycles. The van der Waals surface area contributed by atoms with Crippen LogP contribution in [0.1, 0.15) is 20.8 Å². The van der Waals surface area contributed by atoms with E-state index in [9.17, 15) is 4.79 Å². The fourth-order valence-electron chi connectivity index (χ4n) is 0.918. The first-order valence-electron chi connectivity index (χ1n) is 4.04. The van der Waals surface area contributed by atoms with E-state index in [2.05, 4.69) is 0 Å². The molecule has 0 saturated carbocycles. The highest BCUT2D eigenvalue weighted by Crippen LogP contribution is 2.03. The van der Waals surface area contributed by atoms with Gasteiger partial charge in [0.15, 0.2) is 0 Å². The summed E-state index contributed by atoms with van der Waals surface area (Å²) in [5.74, 6) is 0.713. The summed E-state index contributed by atoms with van der Waals surface area (Å²) in [6.07, 6.45) is 0. The number of nitrogens with zero attached hydrogens (tertiary/aromatic N) is 1. The lowest BCUT2D eigenvalue weighted by molar-refractivity contribution is -0.133. The Labute approximate surface area is 74.4 Å². The van der Waals surface area contributed by atoms with Crippen LogP contribution in [0, 0.1) is 5.92 Å². The van der Waals surface area contributed by atoms with Crippen LogP contribution in [0.2, 0.25) is 0 Å². The minimum atomic E-state index is 0.00454. The van der Waals surface area contributed by atoms with Gasteiger partial charge in [0.25, 0.3) is 0 Å². The van der Waals surface area contributed by atoms with Crippen LogP contribution in [0.25, 0.3) is 0 Å². The Hall–Kier alpha value is -0.180. The van der Waals surface area contributed by atoms with Gasteiger partial charge in [-0.1, -0.05) is 19.6 Å². The van der Waals surface area contributed by atoms with Crippen molar-refractivity contribution in [2.45, 2.75) is 20.8 Å². The van der Waals surface area contributed by atoms with E-state index in [1.807, 2.05) is 25.7 Å². The minimum absolute atomic E-state index is 0.00454. The number of rotatable bonds is 4. The Morgan fingerprint density at radius 3 is 2.18 bits per heavy atom. The fourth-order valence-corrected chi connectivity index (χ4v) is 1.06. The van der Waals surface area contributed by atoms with Gasteiger partial charge in [-0.15, -0.1) is 0 Å². The van der Waals surface area contributed by atoms with E-state index in [4.69, 9.17) is 12.6 Å². The van der Waals surface area contributed by atoms with Crippen molar-refractivity contribution in [3.63, 3.8) is 0 Å². The molecule has 1 atom stereocenters. The Balaban J connectivity index is 3.97. The number of carbonyl (C=O) groups is 1. The molecule has 0 fully saturated rings. The third-order valence-electron chi connectivity index (χ3n) is 1.75. The maximum absolute atomic E-state index is 11.4. The normalized spacial score (nSPS) is 12.7. The SMILES string of the molecule is CCN(CC)C(=O)C(C)C[S]. The Kier molecular flexibility index (Phi) is 5.38. The molecule has 0 aliphatic rings. The second-order valence-corrected chi connectivity index (χ2v) is 2.91. The summed E-state index contributed by atoms with van der Waals surface area (Å²) in [6.45, 7) is 7.42. The van der Waals surface area contributed by atoms with Crippen LogP contribution >= 0.6 is 12.6 Å². The number of carbonyl (C=O) groups excluding carboxylic acids is 1. The topological polar surface area (TPSA) is 20.3 Å². The zero-order chi connectivity index (χ0) is 8.85. The first-order chi connectivity index (χ1) is 5.17. The molecule has 1 radical (unpaired) electrons. The summed E-state index contributed by atoms with van der Waals surface area (Å²) < 4.78 is 0. The predicted molar refractivity (Wildman–Crippen MR) is 49.6 cm³/mol. The van der Waals surface area contributed by atoms with Crippen molar-refractivity contribution in [1.29, 1.82) is 0 Å². The van der Waals surface area contributed by atoms with Crippen molar-refractivity contribution in [2.75, 3.05) is 18.8 Å². The van der Waals surface area contributed by atoms with Crippen molar-refractivity contribution in [3.8, 4) is 0 Å². The first-order valence-corrected chi connectivity index (χ1v) is 4.61. The molecule has 1 unspecified atom stereocenters. The van der Waals surface area contributed by atoms with Crippen molar-refractivity contribution in [3.05, 3.63) is 0 Å². The number of hydrogen-bond donors (Lipinski definition) is 0. The van der Waals surface area contributed by atoms with Gasteiger partial charge in [-0.2, -0.15) is 0 Å². The lowest BCUT2D eigenvalue weighted by atomic mass is 10.2. The van der Waals surface area contributed by atoms with Crippen LogP contribution < -0.4 is 0 Å². The second kappa shape index (κ2) is 5.47. The van der Waals surface area contributed by atoms with E-state index in [1.165, 1.54) is 0 Å². The average molecular weight is 174 g/mol. The Bertz CT molecular complexity index is 123. The molecule has 0 spiro atoms. The largest absolute Gasteiger partial charge is 0.343 e. The van der Waals surface area contributed by atoms with Gasteiger partial charge >= 0.3 is 0 Å². The fraction of sp³-hybridized carbons (Fsp3) is 0.875. The molecule has 0 aromatic rings. The van der Waals surface area contributed by atoms with Gasteiger partial charge in [0, 0.05) is 24.8 Å². The zero-order valence-corrected chi connectivity index (χ0v) is 8.28. The van der Waals surface area contributed by atoms with E-state index < -0.39 is 0 Å². The highest BCUT2D eigenvalue weighted by atomic mass is 32.1. The highest BCUT2D eigenvalue weighted by molar-refractivity contribution is 7.80. The van der Waals surface area contributed by atoms with Crippen LogP contribution in [-0.4, -0.2) is 29.6 Å². The molecular weight excluding hydrogens is 158 g/mol. The average Bonchev–Trinajstić information content (AvgIpc) is 2.05. The molecule has 0 heterocycles. The summed E-state index contributed by atoms with van der Waals surface area (Å²) >= 11 is 4.82. The summed E-state index contributed by atoms with van der Waals surface area (Å²) in [4.78, 5) is 13.2. The molecule has 11 heavy (non-hydrogen) atoms. The van der Waals surface area contributed by atoms with Gasteiger partial charge < -0.3 is 4.90 Å². The summed E-state index contributed by atoms with van der Waals surface area (Å²) in [5.41, 5.74) is 0. The van der Waals surface area contributed by atoms with E-state index in [0.717, 1.165) is 13.1 Å². The standard InChI is InChI=1S/C8H16NOS/c1-4-9(5-2)8(10)7(3)6-11/h7H,4-6H2,1-3H3.